The Labute approximate surface area is 110 Å². The molecule has 19 heavy (non-hydrogen) atoms. The number of sulfonamides is 1. The zero-order valence-corrected chi connectivity index (χ0v) is 10.9. The average molecular weight is 286 g/mol. The summed E-state index contributed by atoms with van der Waals surface area (Å²) in [6.45, 7) is 0.510. The predicted molar refractivity (Wildman–Crippen MR) is 67.9 cm³/mol. The van der Waals surface area contributed by atoms with Gasteiger partial charge in [-0.1, -0.05) is 18.2 Å². The Morgan fingerprint density at radius 2 is 2.00 bits per heavy atom. The van der Waals surface area contributed by atoms with E-state index in [9.17, 15) is 18.5 Å². The van der Waals surface area contributed by atoms with Crippen molar-refractivity contribution >= 4 is 15.7 Å². The van der Waals surface area contributed by atoms with Crippen molar-refractivity contribution in [1.29, 1.82) is 0 Å². The lowest BCUT2D eigenvalue weighted by molar-refractivity contribution is -0.385. The second-order valence-corrected chi connectivity index (χ2v) is 6.48. The average Bonchev–Trinajstić information content (AvgIpc) is 2.26. The van der Waals surface area contributed by atoms with Crippen molar-refractivity contribution in [3.05, 3.63) is 39.9 Å². The lowest BCUT2D eigenvalue weighted by Gasteiger charge is -2.36. The van der Waals surface area contributed by atoms with Gasteiger partial charge in [-0.3, -0.25) is 10.1 Å². The van der Waals surface area contributed by atoms with E-state index >= 15 is 0 Å². The van der Waals surface area contributed by atoms with Gasteiger partial charge in [0.25, 0.3) is 5.69 Å². The Balaban J connectivity index is 2.15. The largest absolute Gasteiger partial charge is 0.396 e. The third-order valence-corrected chi connectivity index (χ3v) is 4.86. The number of nitro benzene ring substituents is 1. The highest BCUT2D eigenvalue weighted by atomic mass is 32.2. The summed E-state index contributed by atoms with van der Waals surface area (Å²) < 4.78 is 25.3. The van der Waals surface area contributed by atoms with Gasteiger partial charge < -0.3 is 5.11 Å². The summed E-state index contributed by atoms with van der Waals surface area (Å²) in [5, 5.41) is 19.7. The molecular formula is C11H14N2O5S. The maximum Gasteiger partial charge on any atom is 0.273 e. The summed E-state index contributed by atoms with van der Waals surface area (Å²) >= 11 is 0. The van der Waals surface area contributed by atoms with Crippen molar-refractivity contribution in [3.63, 3.8) is 0 Å². The van der Waals surface area contributed by atoms with Crippen LogP contribution in [0.2, 0.25) is 0 Å². The minimum absolute atomic E-state index is 0.0273. The first-order valence-corrected chi connectivity index (χ1v) is 7.36. The van der Waals surface area contributed by atoms with E-state index in [4.69, 9.17) is 5.11 Å². The number of aliphatic hydroxyl groups excluding tert-OH is 1. The van der Waals surface area contributed by atoms with Gasteiger partial charge >= 0.3 is 0 Å². The molecule has 1 saturated heterocycles. The molecule has 0 aliphatic carbocycles. The molecule has 1 heterocycles. The van der Waals surface area contributed by atoms with Gasteiger partial charge in [0, 0.05) is 37.2 Å². The molecule has 1 N–H and O–H groups in total. The van der Waals surface area contributed by atoms with Crippen LogP contribution in [-0.4, -0.2) is 42.4 Å². The summed E-state index contributed by atoms with van der Waals surface area (Å²) in [5.41, 5.74) is -0.00902. The standard InChI is InChI=1S/C11H14N2O5S/c14-7-9-5-12(6-9)19(17,18)8-10-3-1-2-4-11(10)13(15)16/h1-4,9,14H,5-8H2. The van der Waals surface area contributed by atoms with E-state index in [0.717, 1.165) is 0 Å². The number of benzene rings is 1. The van der Waals surface area contributed by atoms with Crippen LogP contribution in [0.25, 0.3) is 0 Å². The second kappa shape index (κ2) is 5.24. The number of aliphatic hydroxyl groups is 1. The van der Waals surface area contributed by atoms with E-state index in [1.54, 1.807) is 6.07 Å². The molecule has 7 nitrogen and oxygen atoms in total. The molecule has 104 valence electrons. The van der Waals surface area contributed by atoms with Crippen LogP contribution in [-0.2, 0) is 15.8 Å². The van der Waals surface area contributed by atoms with Crippen LogP contribution in [0.3, 0.4) is 0 Å². The topological polar surface area (TPSA) is 101 Å². The molecule has 1 aliphatic heterocycles. The minimum Gasteiger partial charge on any atom is -0.396 e. The monoisotopic (exact) mass is 286 g/mol. The van der Waals surface area contributed by atoms with Gasteiger partial charge in [0.1, 0.15) is 0 Å². The first-order chi connectivity index (χ1) is 8.94. The number of nitrogens with zero attached hydrogens (tertiary/aromatic N) is 2. The molecule has 0 aromatic heterocycles. The van der Waals surface area contributed by atoms with Crippen LogP contribution in [0, 0.1) is 16.0 Å². The molecule has 8 heteroatoms. The summed E-state index contributed by atoms with van der Waals surface area (Å²) in [5.74, 6) is -0.414. The third-order valence-electron chi connectivity index (χ3n) is 3.10. The van der Waals surface area contributed by atoms with Gasteiger partial charge in [0.15, 0.2) is 0 Å². The van der Waals surface area contributed by atoms with E-state index in [0.29, 0.717) is 0 Å². The fourth-order valence-electron chi connectivity index (χ4n) is 1.96. The van der Waals surface area contributed by atoms with Gasteiger partial charge in [0.2, 0.25) is 10.0 Å². The number of hydrogen-bond donors (Lipinski definition) is 1. The Bertz CT molecular complexity index is 581. The van der Waals surface area contributed by atoms with Crippen molar-refractivity contribution in [2.24, 2.45) is 5.92 Å². The molecule has 0 spiro atoms. The highest BCUT2D eigenvalue weighted by Crippen LogP contribution is 2.25. The summed E-state index contributed by atoms with van der Waals surface area (Å²) in [6, 6.07) is 5.81. The fourth-order valence-corrected chi connectivity index (χ4v) is 3.66. The first-order valence-electron chi connectivity index (χ1n) is 5.75. The molecule has 0 amide bonds. The predicted octanol–water partition coefficient (Wildman–Crippen LogP) is 0.349. The highest BCUT2D eigenvalue weighted by Gasteiger charge is 2.36. The molecule has 1 aromatic rings. The maximum absolute atomic E-state index is 12.0. The Kier molecular flexibility index (Phi) is 3.83. The van der Waals surface area contributed by atoms with Crippen molar-refractivity contribution in [2.75, 3.05) is 19.7 Å². The number of para-hydroxylation sites is 1. The number of nitro groups is 1. The number of hydrogen-bond acceptors (Lipinski definition) is 5. The number of rotatable bonds is 5. The van der Waals surface area contributed by atoms with Crippen molar-refractivity contribution in [2.45, 2.75) is 5.75 Å². The molecule has 1 fully saturated rings. The highest BCUT2D eigenvalue weighted by molar-refractivity contribution is 7.88. The molecular weight excluding hydrogens is 272 g/mol. The van der Waals surface area contributed by atoms with Gasteiger partial charge in [-0.05, 0) is 0 Å². The fraction of sp³-hybridized carbons (Fsp3) is 0.455. The van der Waals surface area contributed by atoms with E-state index in [-0.39, 0.29) is 42.6 Å². The van der Waals surface area contributed by atoms with E-state index in [1.165, 1.54) is 22.5 Å². The lowest BCUT2D eigenvalue weighted by Crippen LogP contribution is -2.51. The SMILES string of the molecule is O=[N+]([O-])c1ccccc1CS(=O)(=O)N1CC(CO)C1. The molecule has 1 aliphatic rings. The second-order valence-electron chi connectivity index (χ2n) is 4.51. The Hall–Kier alpha value is -1.51. The van der Waals surface area contributed by atoms with Gasteiger partial charge in [-0.15, -0.1) is 0 Å². The zero-order valence-electron chi connectivity index (χ0n) is 10.1. The third kappa shape index (κ3) is 2.91. The van der Waals surface area contributed by atoms with Crippen molar-refractivity contribution < 1.29 is 18.4 Å². The molecule has 0 radical (unpaired) electrons. The molecule has 0 atom stereocenters. The Morgan fingerprint density at radius 1 is 1.37 bits per heavy atom. The van der Waals surface area contributed by atoms with Crippen LogP contribution < -0.4 is 0 Å². The van der Waals surface area contributed by atoms with Crippen LogP contribution in [0.15, 0.2) is 24.3 Å². The zero-order chi connectivity index (χ0) is 14.0. The van der Waals surface area contributed by atoms with Crippen molar-refractivity contribution in [3.8, 4) is 0 Å². The molecule has 0 bridgehead atoms. The summed E-state index contributed by atoms with van der Waals surface area (Å²) in [4.78, 5) is 10.2. The van der Waals surface area contributed by atoms with E-state index in [1.807, 2.05) is 0 Å². The van der Waals surface area contributed by atoms with Gasteiger partial charge in [-0.25, -0.2) is 12.7 Å². The summed E-state index contributed by atoms with van der Waals surface area (Å²) in [6.07, 6.45) is 0. The van der Waals surface area contributed by atoms with Crippen LogP contribution >= 0.6 is 0 Å². The smallest absolute Gasteiger partial charge is 0.273 e. The molecule has 0 saturated carbocycles. The van der Waals surface area contributed by atoms with Crippen LogP contribution in [0.1, 0.15) is 5.56 Å². The first kappa shape index (κ1) is 13.9. The molecule has 1 aromatic carbocycles. The Morgan fingerprint density at radius 3 is 2.58 bits per heavy atom. The van der Waals surface area contributed by atoms with E-state index < -0.39 is 14.9 Å². The normalized spacial score (nSPS) is 17.1. The molecule has 0 unspecified atom stereocenters. The van der Waals surface area contributed by atoms with Crippen LogP contribution in [0.5, 0.6) is 0 Å². The van der Waals surface area contributed by atoms with Crippen LogP contribution in [0.4, 0.5) is 5.69 Å². The quantitative estimate of drug-likeness (QED) is 0.621. The van der Waals surface area contributed by atoms with Crippen molar-refractivity contribution in [1.82, 2.24) is 4.31 Å². The van der Waals surface area contributed by atoms with E-state index in [2.05, 4.69) is 0 Å². The van der Waals surface area contributed by atoms with Gasteiger partial charge in [0.05, 0.1) is 10.7 Å². The van der Waals surface area contributed by atoms with Gasteiger partial charge in [-0.2, -0.15) is 0 Å². The minimum atomic E-state index is -3.56. The lowest BCUT2D eigenvalue weighted by atomic mass is 10.1. The summed E-state index contributed by atoms with van der Waals surface area (Å²) in [7, 11) is -3.56. The molecule has 2 rings (SSSR count). The maximum atomic E-state index is 12.0.